The third kappa shape index (κ3) is 9.91. The van der Waals surface area contributed by atoms with Crippen LogP contribution in [0.1, 0.15) is 22.3 Å². The minimum absolute atomic E-state index is 1.11. The molecule has 0 fully saturated rings. The van der Waals surface area contributed by atoms with Gasteiger partial charge in [0.1, 0.15) is 0 Å². The molecule has 7 aromatic rings. The summed E-state index contributed by atoms with van der Waals surface area (Å²) in [5.74, 6) is 0. The Labute approximate surface area is 357 Å². The minimum atomic E-state index is 1.11. The van der Waals surface area contributed by atoms with E-state index in [-0.39, 0.29) is 0 Å². The van der Waals surface area contributed by atoms with Crippen LogP contribution < -0.4 is 29.4 Å². The van der Waals surface area contributed by atoms with Gasteiger partial charge in [0.25, 0.3) is 0 Å². The second-order valence-corrected chi connectivity index (χ2v) is 15.8. The summed E-state index contributed by atoms with van der Waals surface area (Å²) in [5.41, 5.74) is 16.0. The molecule has 0 heterocycles. The molecule has 6 nitrogen and oxygen atoms in total. The second-order valence-electron chi connectivity index (χ2n) is 15.8. The van der Waals surface area contributed by atoms with Gasteiger partial charge in [-0.2, -0.15) is 0 Å². The van der Waals surface area contributed by atoms with Gasteiger partial charge in [-0.25, -0.2) is 0 Å². The summed E-state index contributed by atoms with van der Waals surface area (Å²) >= 11 is 0. The summed E-state index contributed by atoms with van der Waals surface area (Å²) in [6.45, 7) is 0. The van der Waals surface area contributed by atoms with Crippen molar-refractivity contribution >= 4 is 81.2 Å². The molecule has 0 bridgehead atoms. The monoisotopic (exact) mass is 788 g/mol. The average Bonchev–Trinajstić information content (AvgIpc) is 3.27. The third-order valence-corrected chi connectivity index (χ3v) is 10.7. The first-order chi connectivity index (χ1) is 29.0. The lowest BCUT2D eigenvalue weighted by atomic mass is 10.1. The molecule has 0 aliphatic heterocycles. The van der Waals surface area contributed by atoms with Gasteiger partial charge in [-0.15, -0.1) is 0 Å². The Hall–Kier alpha value is -7.18. The van der Waals surface area contributed by atoms with Crippen molar-refractivity contribution in [1.82, 2.24) is 0 Å². The smallest absolute Gasteiger partial charge is 0.0463 e. The number of benzene rings is 7. The molecule has 7 aromatic carbocycles. The number of rotatable bonds is 14. The average molecular weight is 789 g/mol. The van der Waals surface area contributed by atoms with Crippen molar-refractivity contribution in [2.45, 2.75) is 0 Å². The summed E-state index contributed by atoms with van der Waals surface area (Å²) in [4.78, 5) is 13.1. The third-order valence-electron chi connectivity index (χ3n) is 10.7. The number of hydrogen-bond acceptors (Lipinski definition) is 6. The standard InChI is InChI=1S/C54H56N6/c1-55(2)45-25-33-51(34-26-45)59(52-35-27-46(28-36-52)56(3)4)49-21-17-43(18-22-49)15-13-41-9-11-42(12-10-41)14-16-44-19-23-50(24-20-44)60(53-37-29-47(30-38-53)57(5)6)54-39-31-48(32-40-54)58(7)8/h9-40H,1-8H3. The highest BCUT2D eigenvalue weighted by Crippen LogP contribution is 2.38. The van der Waals surface area contributed by atoms with Crippen LogP contribution in [0.25, 0.3) is 24.3 Å². The lowest BCUT2D eigenvalue weighted by Crippen LogP contribution is -2.12. The molecule has 0 saturated heterocycles. The van der Waals surface area contributed by atoms with Crippen molar-refractivity contribution in [2.24, 2.45) is 0 Å². The van der Waals surface area contributed by atoms with E-state index in [1.54, 1.807) is 0 Å². The molecule has 0 aromatic heterocycles. The largest absolute Gasteiger partial charge is 0.378 e. The van der Waals surface area contributed by atoms with Gasteiger partial charge in [-0.05, 0) is 144 Å². The van der Waals surface area contributed by atoms with E-state index in [0.29, 0.717) is 0 Å². The Morgan fingerprint density at radius 1 is 0.200 bits per heavy atom. The molecule has 302 valence electrons. The molecule has 0 N–H and O–H groups in total. The van der Waals surface area contributed by atoms with E-state index in [0.717, 1.165) is 56.4 Å². The van der Waals surface area contributed by atoms with Crippen LogP contribution in [0.4, 0.5) is 56.9 Å². The summed E-state index contributed by atoms with van der Waals surface area (Å²) in [6, 6.07) is 61.0. The van der Waals surface area contributed by atoms with Crippen molar-refractivity contribution in [3.05, 3.63) is 192 Å². The van der Waals surface area contributed by atoms with E-state index in [2.05, 4.69) is 280 Å². The van der Waals surface area contributed by atoms with Crippen LogP contribution in [0.15, 0.2) is 170 Å². The zero-order chi connectivity index (χ0) is 42.2. The van der Waals surface area contributed by atoms with Crippen LogP contribution in [0.3, 0.4) is 0 Å². The Balaban J connectivity index is 1.03. The van der Waals surface area contributed by atoms with Crippen LogP contribution in [-0.4, -0.2) is 56.4 Å². The van der Waals surface area contributed by atoms with Crippen molar-refractivity contribution in [1.29, 1.82) is 0 Å². The fourth-order valence-electron chi connectivity index (χ4n) is 7.07. The molecule has 0 unspecified atom stereocenters. The first-order valence-corrected chi connectivity index (χ1v) is 20.4. The lowest BCUT2D eigenvalue weighted by molar-refractivity contribution is 1.13. The van der Waals surface area contributed by atoms with Gasteiger partial charge in [0, 0.05) is 113 Å². The quantitative estimate of drug-likeness (QED) is 0.102. The van der Waals surface area contributed by atoms with Gasteiger partial charge in [0.2, 0.25) is 0 Å². The molecule has 7 rings (SSSR count). The second kappa shape index (κ2) is 18.6. The minimum Gasteiger partial charge on any atom is -0.378 e. The first-order valence-electron chi connectivity index (χ1n) is 20.4. The molecule has 0 spiro atoms. The van der Waals surface area contributed by atoms with Gasteiger partial charge in [-0.1, -0.05) is 72.8 Å². The summed E-state index contributed by atoms with van der Waals surface area (Å²) in [6.07, 6.45) is 8.70. The SMILES string of the molecule is CN(C)c1ccc(N(c2ccc(C=Cc3ccc(C=Cc4ccc(N(c5ccc(N(C)C)cc5)c5ccc(N(C)C)cc5)cc4)cc3)cc2)c2ccc(N(C)C)cc2)cc1. The summed E-state index contributed by atoms with van der Waals surface area (Å²) in [5, 5.41) is 0. The maximum Gasteiger partial charge on any atom is 0.0463 e. The number of nitrogens with zero attached hydrogens (tertiary/aromatic N) is 6. The zero-order valence-electron chi connectivity index (χ0n) is 36.2. The normalized spacial score (nSPS) is 11.2. The maximum absolute atomic E-state index is 2.30. The van der Waals surface area contributed by atoms with E-state index in [1.165, 1.54) is 22.7 Å². The molecule has 6 heteroatoms. The molecule has 0 aliphatic carbocycles. The van der Waals surface area contributed by atoms with Gasteiger partial charge in [0.15, 0.2) is 0 Å². The molecule has 0 aliphatic rings. The highest BCUT2D eigenvalue weighted by atomic mass is 15.2. The fraction of sp³-hybridized carbons (Fsp3) is 0.148. The van der Waals surface area contributed by atoms with E-state index in [4.69, 9.17) is 0 Å². The van der Waals surface area contributed by atoms with Gasteiger partial charge in [0.05, 0.1) is 0 Å². The van der Waals surface area contributed by atoms with Crippen molar-refractivity contribution < 1.29 is 0 Å². The van der Waals surface area contributed by atoms with Crippen LogP contribution in [0, 0.1) is 0 Å². The molecule has 0 atom stereocenters. The van der Waals surface area contributed by atoms with E-state index in [1.807, 2.05) is 0 Å². The fourth-order valence-corrected chi connectivity index (χ4v) is 7.07. The van der Waals surface area contributed by atoms with E-state index < -0.39 is 0 Å². The highest BCUT2D eigenvalue weighted by molar-refractivity contribution is 5.81. The molecule has 60 heavy (non-hydrogen) atoms. The number of hydrogen-bond donors (Lipinski definition) is 0. The van der Waals surface area contributed by atoms with Gasteiger partial charge < -0.3 is 29.4 Å². The van der Waals surface area contributed by atoms with Crippen molar-refractivity contribution in [3.63, 3.8) is 0 Å². The predicted octanol–water partition coefficient (Wildman–Crippen LogP) is 13.2. The molecule has 0 amide bonds. The van der Waals surface area contributed by atoms with Crippen LogP contribution in [0.5, 0.6) is 0 Å². The van der Waals surface area contributed by atoms with Crippen molar-refractivity contribution in [2.75, 3.05) is 85.8 Å². The molecule has 0 radical (unpaired) electrons. The van der Waals surface area contributed by atoms with Crippen LogP contribution in [0.2, 0.25) is 0 Å². The van der Waals surface area contributed by atoms with Gasteiger partial charge >= 0.3 is 0 Å². The van der Waals surface area contributed by atoms with Crippen LogP contribution >= 0.6 is 0 Å². The van der Waals surface area contributed by atoms with Crippen LogP contribution in [-0.2, 0) is 0 Å². The Morgan fingerprint density at radius 2 is 0.333 bits per heavy atom. The predicted molar refractivity (Wildman–Crippen MR) is 264 cm³/mol. The highest BCUT2D eigenvalue weighted by Gasteiger charge is 2.15. The molecule has 0 saturated carbocycles. The first kappa shape index (κ1) is 41.0. The molecular weight excluding hydrogens is 733 g/mol. The van der Waals surface area contributed by atoms with E-state index in [9.17, 15) is 0 Å². The maximum atomic E-state index is 2.30. The lowest BCUT2D eigenvalue weighted by Gasteiger charge is -2.27. The van der Waals surface area contributed by atoms with Gasteiger partial charge in [-0.3, -0.25) is 0 Å². The number of anilines is 10. The Bertz CT molecular complexity index is 2200. The Morgan fingerprint density at radius 3 is 0.500 bits per heavy atom. The molecular formula is C54H56N6. The summed E-state index contributed by atoms with van der Waals surface area (Å²) < 4.78 is 0. The van der Waals surface area contributed by atoms with E-state index >= 15 is 0 Å². The topological polar surface area (TPSA) is 19.4 Å². The zero-order valence-corrected chi connectivity index (χ0v) is 36.2. The van der Waals surface area contributed by atoms with Crippen molar-refractivity contribution in [3.8, 4) is 0 Å². The Kier molecular flexibility index (Phi) is 12.7. The summed E-state index contributed by atoms with van der Waals surface area (Å²) in [7, 11) is 16.5.